The van der Waals surface area contributed by atoms with Gasteiger partial charge in [0.2, 0.25) is 0 Å². The van der Waals surface area contributed by atoms with Gasteiger partial charge in [-0.15, -0.1) is 0 Å². The van der Waals surface area contributed by atoms with Gasteiger partial charge in [0.25, 0.3) is 6.43 Å². The van der Waals surface area contributed by atoms with Crippen molar-refractivity contribution >= 4 is 11.5 Å². The lowest BCUT2D eigenvalue weighted by atomic mass is 9.84. The van der Waals surface area contributed by atoms with E-state index in [1.807, 2.05) is 6.20 Å². The standard InChI is InChI=1S/C31H42F2N6O/c1-20-6-11-35-29(31(40-2)9-10-31)27(20)21-7-14-38(15-8-21)26-18-24-22(28(36-26)30(32)33)4-3-5-23-25(19-39(23)24)37-16-12-34-13-17-37/h6,11,18,21,23,25,30,34H,3-5,7-10,12-17,19H2,1-2H3/t23-,25+/m0/s1. The second-order valence-electron chi connectivity index (χ2n) is 12.5. The summed E-state index contributed by atoms with van der Waals surface area (Å²) >= 11 is 0. The highest BCUT2D eigenvalue weighted by atomic mass is 19.3. The fraction of sp³-hybridized carbons (Fsp3) is 0.677. The maximum Gasteiger partial charge on any atom is 0.280 e. The summed E-state index contributed by atoms with van der Waals surface area (Å²) in [5.41, 5.74) is 5.29. The molecule has 40 heavy (non-hydrogen) atoms. The minimum atomic E-state index is -2.56. The van der Waals surface area contributed by atoms with Crippen LogP contribution >= 0.6 is 0 Å². The van der Waals surface area contributed by atoms with E-state index in [0.29, 0.717) is 24.4 Å². The second-order valence-corrected chi connectivity index (χ2v) is 12.5. The number of fused-ring (bicyclic) bond motifs is 3. The third-order valence-corrected chi connectivity index (χ3v) is 10.4. The van der Waals surface area contributed by atoms with E-state index in [1.54, 1.807) is 7.11 Å². The molecule has 216 valence electrons. The van der Waals surface area contributed by atoms with Gasteiger partial charge in [-0.25, -0.2) is 13.8 Å². The molecule has 4 fully saturated rings. The van der Waals surface area contributed by atoms with Gasteiger partial charge in [-0.1, -0.05) is 0 Å². The number of hydrogen-bond acceptors (Lipinski definition) is 7. The maximum atomic E-state index is 14.4. The van der Waals surface area contributed by atoms with Gasteiger partial charge in [-0.2, -0.15) is 0 Å². The minimum absolute atomic E-state index is 0.00190. The monoisotopic (exact) mass is 552 g/mol. The van der Waals surface area contributed by atoms with E-state index in [-0.39, 0.29) is 11.3 Å². The van der Waals surface area contributed by atoms with Crippen molar-refractivity contribution in [1.82, 2.24) is 20.2 Å². The Labute approximate surface area is 236 Å². The third kappa shape index (κ3) is 4.49. The van der Waals surface area contributed by atoms with Crippen LogP contribution in [-0.2, 0) is 16.8 Å². The lowest BCUT2D eigenvalue weighted by Crippen LogP contribution is -2.69. The average Bonchev–Trinajstić information content (AvgIpc) is 3.78. The van der Waals surface area contributed by atoms with Gasteiger partial charge in [-0.05, 0) is 75.0 Å². The van der Waals surface area contributed by atoms with E-state index < -0.39 is 6.43 Å². The summed E-state index contributed by atoms with van der Waals surface area (Å²) in [7, 11) is 1.79. The molecule has 0 unspecified atom stereocenters. The van der Waals surface area contributed by atoms with Crippen LogP contribution < -0.4 is 15.1 Å². The highest BCUT2D eigenvalue weighted by Crippen LogP contribution is 2.51. The summed E-state index contributed by atoms with van der Waals surface area (Å²) in [6, 6.07) is 5.18. The van der Waals surface area contributed by atoms with Crippen molar-refractivity contribution in [3.05, 3.63) is 46.4 Å². The molecular weight excluding hydrogens is 510 g/mol. The number of piperidine rings is 1. The Morgan fingerprint density at radius 3 is 2.55 bits per heavy atom. The highest BCUT2D eigenvalue weighted by molar-refractivity contribution is 5.66. The molecule has 7 rings (SSSR count). The third-order valence-electron chi connectivity index (χ3n) is 10.4. The molecule has 7 nitrogen and oxygen atoms in total. The van der Waals surface area contributed by atoms with E-state index in [2.05, 4.69) is 44.1 Å². The quantitative estimate of drug-likeness (QED) is 0.565. The number of piperazine rings is 1. The number of pyridine rings is 2. The summed E-state index contributed by atoms with van der Waals surface area (Å²) in [6.07, 6.45) is 6.00. The fourth-order valence-corrected chi connectivity index (χ4v) is 7.93. The number of alkyl halides is 2. The van der Waals surface area contributed by atoms with Gasteiger partial charge in [0.15, 0.2) is 0 Å². The van der Waals surface area contributed by atoms with E-state index in [1.165, 1.54) is 11.1 Å². The predicted molar refractivity (Wildman–Crippen MR) is 153 cm³/mol. The SMILES string of the molecule is COC1(c2nccc(C)c2C2CCN(c3cc4c(c(C(F)F)n3)CCC[C@H]3[C@H](N5CCNCC5)CN43)CC2)CC1. The number of methoxy groups -OCH3 is 1. The summed E-state index contributed by atoms with van der Waals surface area (Å²) in [4.78, 5) is 16.7. The molecule has 1 saturated carbocycles. The number of halogens is 2. The van der Waals surface area contributed by atoms with Crippen molar-refractivity contribution in [3.8, 4) is 0 Å². The van der Waals surface area contributed by atoms with E-state index in [0.717, 1.165) is 107 Å². The van der Waals surface area contributed by atoms with Crippen LogP contribution in [0.4, 0.5) is 20.3 Å². The number of nitrogens with zero attached hydrogens (tertiary/aromatic N) is 5. The van der Waals surface area contributed by atoms with Gasteiger partial charge in [0.05, 0.1) is 5.69 Å². The average molecular weight is 553 g/mol. The van der Waals surface area contributed by atoms with Crippen molar-refractivity contribution in [2.75, 3.05) is 62.7 Å². The van der Waals surface area contributed by atoms with E-state index in [9.17, 15) is 8.78 Å². The molecule has 2 aromatic heterocycles. The molecule has 4 aliphatic heterocycles. The summed E-state index contributed by atoms with van der Waals surface area (Å²) in [6.45, 7) is 8.93. The number of aromatic nitrogens is 2. The smallest absolute Gasteiger partial charge is 0.280 e. The van der Waals surface area contributed by atoms with Gasteiger partial charge < -0.3 is 19.9 Å². The Morgan fingerprint density at radius 2 is 1.85 bits per heavy atom. The first kappa shape index (κ1) is 26.5. The Kier molecular flexibility index (Phi) is 6.95. The van der Waals surface area contributed by atoms with Crippen LogP contribution in [0.5, 0.6) is 0 Å². The second kappa shape index (κ2) is 10.5. The molecule has 2 atom stereocenters. The highest BCUT2D eigenvalue weighted by Gasteiger charge is 2.49. The van der Waals surface area contributed by atoms with Gasteiger partial charge in [-0.3, -0.25) is 9.88 Å². The Bertz CT molecular complexity index is 1240. The molecule has 2 aromatic rings. The summed E-state index contributed by atoms with van der Waals surface area (Å²) < 4.78 is 34.8. The molecule has 0 aromatic carbocycles. The molecule has 3 saturated heterocycles. The number of rotatable bonds is 6. The number of anilines is 2. The van der Waals surface area contributed by atoms with Gasteiger partial charge in [0, 0.05) is 88.5 Å². The predicted octanol–water partition coefficient (Wildman–Crippen LogP) is 4.54. The summed E-state index contributed by atoms with van der Waals surface area (Å²) in [5, 5.41) is 3.45. The zero-order chi connectivity index (χ0) is 27.4. The van der Waals surface area contributed by atoms with Crippen molar-refractivity contribution in [2.45, 2.75) is 81.9 Å². The molecule has 1 N–H and O–H groups in total. The molecule has 0 radical (unpaired) electrons. The molecule has 6 heterocycles. The lowest BCUT2D eigenvalue weighted by Gasteiger charge is -2.54. The topological polar surface area (TPSA) is 56.8 Å². The Morgan fingerprint density at radius 1 is 1.07 bits per heavy atom. The molecule has 1 aliphatic carbocycles. The molecule has 0 bridgehead atoms. The number of nitrogens with one attached hydrogen (secondary N) is 1. The fourth-order valence-electron chi connectivity index (χ4n) is 7.93. The minimum Gasteiger partial charge on any atom is -0.372 e. The van der Waals surface area contributed by atoms with Crippen molar-refractivity contribution in [2.24, 2.45) is 0 Å². The first-order valence-electron chi connectivity index (χ1n) is 15.3. The number of ether oxygens (including phenoxy) is 1. The first-order valence-corrected chi connectivity index (χ1v) is 15.3. The largest absolute Gasteiger partial charge is 0.372 e. The van der Waals surface area contributed by atoms with Crippen molar-refractivity contribution in [1.29, 1.82) is 0 Å². The van der Waals surface area contributed by atoms with E-state index >= 15 is 0 Å². The molecule has 0 spiro atoms. The van der Waals surface area contributed by atoms with Crippen LogP contribution in [0.2, 0.25) is 0 Å². The van der Waals surface area contributed by atoms with Gasteiger partial charge in [0.1, 0.15) is 17.1 Å². The number of aryl methyl sites for hydroxylation is 1. The Hall–Kier alpha value is -2.36. The normalized spacial score (nSPS) is 26.7. The molecule has 5 aliphatic rings. The van der Waals surface area contributed by atoms with Crippen LogP contribution in [0.15, 0.2) is 18.3 Å². The van der Waals surface area contributed by atoms with Crippen molar-refractivity contribution < 1.29 is 13.5 Å². The lowest BCUT2D eigenvalue weighted by molar-refractivity contribution is 0.0737. The van der Waals surface area contributed by atoms with Crippen LogP contribution in [-0.4, -0.2) is 79.9 Å². The zero-order valence-electron chi connectivity index (χ0n) is 23.8. The first-order chi connectivity index (χ1) is 19.5. The molecular formula is C31H42F2N6O. The van der Waals surface area contributed by atoms with Crippen LogP contribution in [0.25, 0.3) is 0 Å². The summed E-state index contributed by atoms with van der Waals surface area (Å²) in [5.74, 6) is 1.11. The maximum absolute atomic E-state index is 14.4. The molecule has 0 amide bonds. The molecule has 9 heteroatoms. The van der Waals surface area contributed by atoms with Crippen LogP contribution in [0, 0.1) is 6.92 Å². The van der Waals surface area contributed by atoms with Gasteiger partial charge >= 0.3 is 0 Å². The number of hydrogen-bond donors (Lipinski definition) is 1. The van der Waals surface area contributed by atoms with Crippen molar-refractivity contribution in [3.63, 3.8) is 0 Å². The zero-order valence-corrected chi connectivity index (χ0v) is 23.8. The Balaban J connectivity index is 1.13. The van der Waals surface area contributed by atoms with E-state index in [4.69, 9.17) is 9.72 Å². The van der Waals surface area contributed by atoms with Crippen LogP contribution in [0.3, 0.4) is 0 Å². The van der Waals surface area contributed by atoms with Crippen LogP contribution in [0.1, 0.15) is 78.9 Å².